The largest absolute Gasteiger partial charge is 0.320 e. The zero-order valence-electron chi connectivity index (χ0n) is 45.0. The van der Waals surface area contributed by atoms with Crippen LogP contribution in [0.2, 0.25) is 0 Å². The number of carbonyl (C=O) groups excluding carboxylic acids is 3. The van der Waals surface area contributed by atoms with E-state index in [1.54, 1.807) is 46.6 Å². The van der Waals surface area contributed by atoms with Crippen molar-refractivity contribution in [3.63, 3.8) is 0 Å². The average molecular weight is 1260 g/mol. The molecule has 5 aromatic carbocycles. The standard InChI is InChI=1S/C12H14NOP.2C12H16NP.C12H15N.C8H8Br2.C5H6NO2P.C2H6.CH4.H2/c1-2-10-13(15)12(14)9-8-11-6-4-3-5-7-11;14-13-7-11-5-9-3-1-2-4-10(9)6-12(11)8-13;1-2-10-13(14)11-6-9-12-7-4-3-5-8-12;1-2-4-10-6-12-8-13-7-11(12)5-9(10)3-1;9-5-7-3-1-2-4-8(7)6-10;7-4-2-1-3-5(8)6(4)9;1-2;;/h2-9H,1,10,15H2;1-4,11-12H,5-8,14H2;2-9H,1,10-11,14H2;1-4,11-13H,5-8H2;1-4H,5-6H2;1-2H,3,9H2;1-2H3;1H4;1H/b9-8+;;9-6+;;;;;;/i;;;;;;;;1+1. The van der Waals surface area contributed by atoms with Crippen LogP contribution >= 0.6 is 69.4 Å². The van der Waals surface area contributed by atoms with Gasteiger partial charge in [0.1, 0.15) is 0 Å². The third-order valence-electron chi connectivity index (χ3n) is 13.4. The molecule has 2 saturated heterocycles. The monoisotopic (exact) mass is 1260 g/mol. The number of nitrogens with one attached hydrogen (secondary N) is 1. The summed E-state index contributed by atoms with van der Waals surface area (Å²) >= 11 is 6.86. The number of hydrogen-bond donors (Lipinski definition) is 1. The summed E-state index contributed by atoms with van der Waals surface area (Å²) in [6, 6.07) is 46.3. The third kappa shape index (κ3) is 24.4. The molecule has 14 heteroatoms. The van der Waals surface area contributed by atoms with Crippen LogP contribution in [0.25, 0.3) is 12.2 Å². The lowest BCUT2D eigenvalue weighted by molar-refractivity contribution is -0.135. The van der Waals surface area contributed by atoms with Gasteiger partial charge in [0, 0.05) is 63.4 Å². The molecule has 3 aliphatic heterocycles. The first-order valence-corrected chi connectivity index (χ1v) is 30.8. The molecule has 2 aliphatic carbocycles. The van der Waals surface area contributed by atoms with Crippen molar-refractivity contribution in [3.8, 4) is 0 Å². The van der Waals surface area contributed by atoms with Crippen molar-refractivity contribution in [3.05, 3.63) is 228 Å². The number of nitrogens with zero attached hydrogens (tertiary/aromatic N) is 4. The number of benzene rings is 5. The van der Waals surface area contributed by atoms with E-state index in [-0.39, 0.29) is 26.6 Å². The smallest absolute Gasteiger partial charge is 0.255 e. The molecule has 3 amide bonds. The first-order chi connectivity index (χ1) is 37.4. The molecule has 3 heterocycles. The van der Waals surface area contributed by atoms with Gasteiger partial charge in [-0.05, 0) is 132 Å². The van der Waals surface area contributed by atoms with Crippen LogP contribution in [0.15, 0.2) is 183 Å². The number of amides is 3. The summed E-state index contributed by atoms with van der Waals surface area (Å²) in [4.78, 5) is 32.7. The highest BCUT2D eigenvalue weighted by molar-refractivity contribution is 9.09. The van der Waals surface area contributed by atoms with Crippen LogP contribution in [0.5, 0.6) is 0 Å². The molecule has 2 fully saturated rings. The van der Waals surface area contributed by atoms with E-state index in [1.165, 1.54) is 79.3 Å². The van der Waals surface area contributed by atoms with E-state index in [0.29, 0.717) is 13.0 Å². The van der Waals surface area contributed by atoms with E-state index in [4.69, 9.17) is 0 Å². The fourth-order valence-corrected chi connectivity index (χ4v) is 11.6. The topological polar surface area (TPSA) is 76.2 Å². The quantitative estimate of drug-likeness (QED) is 0.0467. The SMILES string of the molecule is BrCc1ccccc1CBr.C.C=CCN(P)C(=O)/C=C/c1ccccc1.C=CCN(P)C/C=C/c1ccccc1.CC.O=C1C=CCC(=O)N1P.PN1CC2Cc3ccccc3CC2C1.[2HH].c1ccc2c(c1)CC1CNCC1C2. The van der Waals surface area contributed by atoms with Gasteiger partial charge in [-0.15, -0.1) is 13.2 Å². The molecule has 0 aromatic heterocycles. The lowest BCUT2D eigenvalue weighted by Gasteiger charge is -2.26. The maximum absolute atomic E-state index is 11.5. The molecule has 0 saturated carbocycles. The average Bonchev–Trinajstić information content (AvgIpc) is 4.12. The minimum absolute atomic E-state index is 0. The van der Waals surface area contributed by atoms with Crippen LogP contribution in [0, 0.1) is 23.7 Å². The van der Waals surface area contributed by atoms with Gasteiger partial charge < -0.3 is 9.99 Å². The Balaban J connectivity index is 0.000000323. The Morgan fingerprint density at radius 2 is 1.06 bits per heavy atom. The Kier molecular flexibility index (Phi) is 34.5. The summed E-state index contributed by atoms with van der Waals surface area (Å²) in [5, 5.41) is 5.38. The Bertz CT molecular complexity index is 2580. The van der Waals surface area contributed by atoms with E-state index in [1.807, 2.05) is 68.5 Å². The van der Waals surface area contributed by atoms with E-state index in [2.05, 4.69) is 194 Å². The van der Waals surface area contributed by atoms with Crippen LogP contribution in [-0.4, -0.2) is 82.2 Å². The highest BCUT2D eigenvalue weighted by Gasteiger charge is 2.35. The predicted molar refractivity (Wildman–Crippen MR) is 357 cm³/mol. The summed E-state index contributed by atoms with van der Waals surface area (Å²) < 4.78 is 7.07. The minimum atomic E-state index is -0.267. The highest BCUT2D eigenvalue weighted by atomic mass is 79.9. The minimum Gasteiger partial charge on any atom is -0.320 e. The summed E-state index contributed by atoms with van der Waals surface area (Å²) in [6.07, 6.45) is 19.7. The molecule has 78 heavy (non-hydrogen) atoms. The van der Waals surface area contributed by atoms with Gasteiger partial charge in [-0.3, -0.25) is 28.4 Å². The van der Waals surface area contributed by atoms with Crippen molar-refractivity contribution in [2.45, 2.75) is 64.0 Å². The maximum atomic E-state index is 11.5. The molecule has 420 valence electrons. The molecule has 8 nitrogen and oxygen atoms in total. The van der Waals surface area contributed by atoms with Crippen LogP contribution in [0.3, 0.4) is 0 Å². The Morgan fingerprint density at radius 1 is 0.641 bits per heavy atom. The lowest BCUT2D eigenvalue weighted by Crippen LogP contribution is -2.28. The van der Waals surface area contributed by atoms with Gasteiger partial charge in [0.25, 0.3) is 5.91 Å². The van der Waals surface area contributed by atoms with Gasteiger partial charge in [-0.2, -0.15) is 0 Å². The van der Waals surface area contributed by atoms with Crippen molar-refractivity contribution in [2.24, 2.45) is 23.7 Å². The van der Waals surface area contributed by atoms with E-state index >= 15 is 0 Å². The molecule has 1 N–H and O–H groups in total. The second-order valence-electron chi connectivity index (χ2n) is 18.8. The van der Waals surface area contributed by atoms with Crippen molar-refractivity contribution < 1.29 is 15.8 Å². The summed E-state index contributed by atoms with van der Waals surface area (Å²) in [7, 11) is 9.97. The predicted octanol–water partition coefficient (Wildman–Crippen LogP) is 14.7. The zero-order chi connectivity index (χ0) is 55.8. The zero-order valence-corrected chi connectivity index (χ0v) is 52.8. The fourth-order valence-electron chi connectivity index (χ4n) is 9.31. The van der Waals surface area contributed by atoms with Crippen LogP contribution in [0.4, 0.5) is 0 Å². The third-order valence-corrected chi connectivity index (χ3v) is 16.4. The van der Waals surface area contributed by atoms with Crippen molar-refractivity contribution in [2.75, 3.05) is 45.8 Å². The molecule has 0 spiro atoms. The van der Waals surface area contributed by atoms with E-state index in [9.17, 15) is 14.4 Å². The maximum Gasteiger partial charge on any atom is 0.255 e. The molecule has 5 aliphatic rings. The second-order valence-corrected chi connectivity index (χ2v) is 22.6. The molecule has 0 bridgehead atoms. The number of carbonyl (C=O) groups is 3. The highest BCUT2D eigenvalue weighted by Crippen LogP contribution is 2.37. The van der Waals surface area contributed by atoms with Crippen LogP contribution in [0.1, 0.15) is 73.6 Å². The number of fused-ring (bicyclic) bond motifs is 4. The number of hydrogen-bond acceptors (Lipinski definition) is 6. The van der Waals surface area contributed by atoms with Gasteiger partial charge in [-0.1, -0.05) is 236 Å². The summed E-state index contributed by atoms with van der Waals surface area (Å²) in [6.45, 7) is 18.6. The van der Waals surface area contributed by atoms with Crippen molar-refractivity contribution in [1.29, 1.82) is 0 Å². The van der Waals surface area contributed by atoms with Crippen LogP contribution < -0.4 is 5.32 Å². The first kappa shape index (κ1) is 68.2. The van der Waals surface area contributed by atoms with Gasteiger partial charge in [0.2, 0.25) is 11.8 Å². The number of halogens is 2. The number of rotatable bonds is 11. The Morgan fingerprint density at radius 3 is 1.49 bits per heavy atom. The first-order valence-electron chi connectivity index (χ1n) is 26.5. The number of alkyl halides is 2. The van der Waals surface area contributed by atoms with Gasteiger partial charge in [0.15, 0.2) is 0 Å². The van der Waals surface area contributed by atoms with Gasteiger partial charge in [-0.25, -0.2) is 0 Å². The normalized spacial score (nSPS) is 18.2. The van der Waals surface area contributed by atoms with Crippen LogP contribution in [-0.2, 0) is 50.7 Å². The fraction of sp³-hybridized carbons (Fsp3) is 0.328. The summed E-state index contributed by atoms with van der Waals surface area (Å²) in [5.41, 5.74) is 11.3. The molecular weight excluding hydrogens is 1170 g/mol. The second kappa shape index (κ2) is 39.4. The lowest BCUT2D eigenvalue weighted by atomic mass is 9.78. The molecule has 0 radical (unpaired) electrons. The van der Waals surface area contributed by atoms with Gasteiger partial charge >= 0.3 is 0 Å². The molecule has 10 rings (SSSR count). The Hall–Kier alpha value is -4.03. The molecule has 8 unspecified atom stereocenters. The van der Waals surface area contributed by atoms with E-state index < -0.39 is 0 Å². The number of imide groups is 1. The van der Waals surface area contributed by atoms with E-state index in [0.717, 1.165) is 57.7 Å². The van der Waals surface area contributed by atoms with Gasteiger partial charge in [0.05, 0.1) is 0 Å². The van der Waals surface area contributed by atoms with Crippen molar-refractivity contribution >= 4 is 99.3 Å². The molecular formula is C64H87Br2N5O3P4. The van der Waals surface area contributed by atoms with Crippen molar-refractivity contribution in [1.82, 2.24) is 24.0 Å². The molecule has 5 aromatic rings. The molecule has 8 atom stereocenters. The Labute approximate surface area is 496 Å². The summed E-state index contributed by atoms with van der Waals surface area (Å²) in [5.74, 6) is 3.14.